The SMILES string of the molecule is C[C@@H]1CN([C@H]2CC(=O)N(c3ccc(Br)cc3)C2=O)C[C@@H](C)O1. The maximum atomic E-state index is 12.7. The monoisotopic (exact) mass is 366 g/mol. The van der Waals surface area contributed by atoms with Crippen molar-refractivity contribution in [1.82, 2.24) is 4.90 Å². The van der Waals surface area contributed by atoms with Crippen LogP contribution in [-0.2, 0) is 14.3 Å². The Morgan fingerprint density at radius 1 is 1.09 bits per heavy atom. The predicted octanol–water partition coefficient (Wildman–Crippen LogP) is 2.19. The zero-order valence-electron chi connectivity index (χ0n) is 12.7. The van der Waals surface area contributed by atoms with Gasteiger partial charge in [-0.3, -0.25) is 14.5 Å². The molecule has 0 radical (unpaired) electrons. The number of morpholine rings is 1. The molecule has 0 aliphatic carbocycles. The molecule has 0 bridgehead atoms. The fraction of sp³-hybridized carbons (Fsp3) is 0.500. The van der Waals surface area contributed by atoms with Gasteiger partial charge in [-0.1, -0.05) is 15.9 Å². The number of carbonyl (C=O) groups excluding carboxylic acids is 2. The summed E-state index contributed by atoms with van der Waals surface area (Å²) in [5, 5.41) is 0. The first-order valence-electron chi connectivity index (χ1n) is 7.47. The van der Waals surface area contributed by atoms with E-state index in [-0.39, 0.29) is 36.5 Å². The highest BCUT2D eigenvalue weighted by atomic mass is 79.9. The first-order valence-corrected chi connectivity index (χ1v) is 8.27. The molecule has 2 aliphatic heterocycles. The van der Waals surface area contributed by atoms with Gasteiger partial charge in [-0.15, -0.1) is 0 Å². The van der Waals surface area contributed by atoms with E-state index < -0.39 is 0 Å². The highest BCUT2D eigenvalue weighted by Crippen LogP contribution is 2.28. The molecule has 0 saturated carbocycles. The van der Waals surface area contributed by atoms with E-state index in [4.69, 9.17) is 4.74 Å². The van der Waals surface area contributed by atoms with Crippen LogP contribution in [0.4, 0.5) is 5.69 Å². The molecule has 0 spiro atoms. The van der Waals surface area contributed by atoms with E-state index in [2.05, 4.69) is 20.8 Å². The number of nitrogens with zero attached hydrogens (tertiary/aromatic N) is 2. The summed E-state index contributed by atoms with van der Waals surface area (Å²) in [6.45, 7) is 5.36. The minimum Gasteiger partial charge on any atom is -0.373 e. The van der Waals surface area contributed by atoms with Crippen LogP contribution in [0, 0.1) is 0 Å². The van der Waals surface area contributed by atoms with Crippen LogP contribution < -0.4 is 4.90 Å². The summed E-state index contributed by atoms with van der Waals surface area (Å²) in [6, 6.07) is 6.87. The van der Waals surface area contributed by atoms with Gasteiger partial charge in [-0.25, -0.2) is 4.90 Å². The van der Waals surface area contributed by atoms with E-state index in [9.17, 15) is 9.59 Å². The number of amides is 2. The van der Waals surface area contributed by atoms with Gasteiger partial charge in [-0.2, -0.15) is 0 Å². The Balaban J connectivity index is 1.80. The van der Waals surface area contributed by atoms with Crippen LogP contribution >= 0.6 is 15.9 Å². The Morgan fingerprint density at radius 2 is 1.68 bits per heavy atom. The van der Waals surface area contributed by atoms with Crippen LogP contribution in [0.1, 0.15) is 20.3 Å². The summed E-state index contributed by atoms with van der Waals surface area (Å²) in [6.07, 6.45) is 0.399. The number of halogens is 1. The van der Waals surface area contributed by atoms with Gasteiger partial charge in [0.1, 0.15) is 0 Å². The van der Waals surface area contributed by atoms with Gasteiger partial charge in [0.25, 0.3) is 5.91 Å². The van der Waals surface area contributed by atoms with E-state index in [0.717, 1.165) is 4.47 Å². The van der Waals surface area contributed by atoms with Crippen molar-refractivity contribution in [3.63, 3.8) is 0 Å². The van der Waals surface area contributed by atoms with Gasteiger partial charge in [-0.05, 0) is 38.1 Å². The van der Waals surface area contributed by atoms with Gasteiger partial charge in [0, 0.05) is 17.6 Å². The predicted molar refractivity (Wildman–Crippen MR) is 86.6 cm³/mol. The molecular weight excluding hydrogens is 348 g/mol. The summed E-state index contributed by atoms with van der Waals surface area (Å²) >= 11 is 3.36. The third kappa shape index (κ3) is 2.95. The lowest BCUT2D eigenvalue weighted by molar-refractivity contribution is -0.127. The molecular formula is C16H19BrN2O3. The maximum absolute atomic E-state index is 12.7. The van der Waals surface area contributed by atoms with Crippen LogP contribution in [0.2, 0.25) is 0 Å². The smallest absolute Gasteiger partial charge is 0.251 e. The number of hydrogen-bond acceptors (Lipinski definition) is 4. The molecule has 0 aromatic heterocycles. The fourth-order valence-corrected chi connectivity index (χ4v) is 3.50. The topological polar surface area (TPSA) is 49.9 Å². The second-order valence-corrected chi connectivity index (χ2v) is 6.89. The maximum Gasteiger partial charge on any atom is 0.251 e. The van der Waals surface area contributed by atoms with Crippen molar-refractivity contribution >= 4 is 33.4 Å². The van der Waals surface area contributed by atoms with E-state index in [0.29, 0.717) is 18.8 Å². The Hall–Kier alpha value is -1.24. The van der Waals surface area contributed by atoms with Crippen LogP contribution in [-0.4, -0.2) is 48.1 Å². The van der Waals surface area contributed by atoms with Gasteiger partial charge < -0.3 is 4.74 Å². The third-order valence-corrected chi connectivity index (χ3v) is 4.62. The minimum atomic E-state index is -0.370. The average Bonchev–Trinajstić information content (AvgIpc) is 2.74. The van der Waals surface area contributed by atoms with E-state index in [1.54, 1.807) is 12.1 Å². The van der Waals surface area contributed by atoms with Crippen LogP contribution in [0.5, 0.6) is 0 Å². The molecule has 2 fully saturated rings. The Morgan fingerprint density at radius 3 is 2.27 bits per heavy atom. The number of imide groups is 1. The van der Waals surface area contributed by atoms with Crippen molar-refractivity contribution in [2.45, 2.75) is 38.5 Å². The third-order valence-electron chi connectivity index (χ3n) is 4.10. The molecule has 3 rings (SSSR count). The number of rotatable bonds is 2. The number of hydrogen-bond donors (Lipinski definition) is 0. The first kappa shape index (κ1) is 15.6. The first-order chi connectivity index (χ1) is 10.5. The van der Waals surface area contributed by atoms with Gasteiger partial charge in [0.15, 0.2) is 0 Å². The van der Waals surface area contributed by atoms with Crippen molar-refractivity contribution in [2.24, 2.45) is 0 Å². The molecule has 2 saturated heterocycles. The number of ether oxygens (including phenoxy) is 1. The molecule has 2 amide bonds. The normalized spacial score (nSPS) is 30.1. The van der Waals surface area contributed by atoms with Crippen molar-refractivity contribution in [2.75, 3.05) is 18.0 Å². The van der Waals surface area contributed by atoms with Crippen LogP contribution in [0.3, 0.4) is 0 Å². The highest BCUT2D eigenvalue weighted by molar-refractivity contribution is 9.10. The van der Waals surface area contributed by atoms with Gasteiger partial charge in [0.2, 0.25) is 5.91 Å². The molecule has 1 aromatic rings. The summed E-state index contributed by atoms with van der Waals surface area (Å²) in [5.74, 6) is -0.266. The van der Waals surface area contributed by atoms with Crippen LogP contribution in [0.15, 0.2) is 28.7 Å². The Kier molecular flexibility index (Phi) is 4.34. The summed E-state index contributed by atoms with van der Waals surface area (Å²) in [7, 11) is 0. The number of benzene rings is 1. The Labute approximate surface area is 138 Å². The summed E-state index contributed by atoms with van der Waals surface area (Å²) in [5.41, 5.74) is 0.634. The average molecular weight is 367 g/mol. The Bertz CT molecular complexity index is 580. The minimum absolute atomic E-state index is 0.0772. The molecule has 5 nitrogen and oxygen atoms in total. The highest BCUT2D eigenvalue weighted by Gasteiger charge is 2.44. The van der Waals surface area contributed by atoms with E-state index in [1.807, 2.05) is 26.0 Å². The standard InChI is InChI=1S/C16H19BrN2O3/c1-10-8-18(9-11(2)22-10)14-7-15(20)19(16(14)21)13-5-3-12(17)4-6-13/h3-6,10-11,14H,7-9H2,1-2H3/t10-,11-,14+/m1/s1. The zero-order valence-corrected chi connectivity index (χ0v) is 14.2. The quantitative estimate of drug-likeness (QED) is 0.752. The largest absolute Gasteiger partial charge is 0.373 e. The number of anilines is 1. The van der Waals surface area contributed by atoms with E-state index in [1.165, 1.54) is 4.90 Å². The van der Waals surface area contributed by atoms with E-state index >= 15 is 0 Å². The lowest BCUT2D eigenvalue weighted by Crippen LogP contribution is -2.52. The molecule has 2 aliphatic rings. The second kappa shape index (κ2) is 6.10. The molecule has 118 valence electrons. The molecule has 6 heteroatoms. The fourth-order valence-electron chi connectivity index (χ4n) is 3.23. The molecule has 1 aromatic carbocycles. The van der Waals surface area contributed by atoms with Crippen molar-refractivity contribution < 1.29 is 14.3 Å². The van der Waals surface area contributed by atoms with Gasteiger partial charge >= 0.3 is 0 Å². The van der Waals surface area contributed by atoms with Crippen molar-refractivity contribution in [1.29, 1.82) is 0 Å². The second-order valence-electron chi connectivity index (χ2n) is 5.97. The van der Waals surface area contributed by atoms with Gasteiger partial charge in [0.05, 0.1) is 30.4 Å². The van der Waals surface area contributed by atoms with Crippen molar-refractivity contribution in [3.8, 4) is 0 Å². The zero-order chi connectivity index (χ0) is 15.9. The molecule has 0 unspecified atom stereocenters. The molecule has 0 N–H and O–H groups in total. The number of carbonyl (C=O) groups is 2. The lowest BCUT2D eigenvalue weighted by Gasteiger charge is -2.37. The molecule has 3 atom stereocenters. The lowest BCUT2D eigenvalue weighted by atomic mass is 10.1. The summed E-state index contributed by atoms with van der Waals surface area (Å²) in [4.78, 5) is 28.4. The molecule has 2 heterocycles. The summed E-state index contributed by atoms with van der Waals surface area (Å²) < 4.78 is 6.63. The van der Waals surface area contributed by atoms with Crippen molar-refractivity contribution in [3.05, 3.63) is 28.7 Å². The molecule has 22 heavy (non-hydrogen) atoms. The van der Waals surface area contributed by atoms with Crippen LogP contribution in [0.25, 0.3) is 0 Å².